The molecule has 2 atom stereocenters. The quantitative estimate of drug-likeness (QED) is 0.632. The highest BCUT2D eigenvalue weighted by Gasteiger charge is 2.51. The molecule has 2 unspecified atom stereocenters. The fourth-order valence-electron chi connectivity index (χ4n) is 3.08. The van der Waals surface area contributed by atoms with Crippen molar-refractivity contribution in [3.05, 3.63) is 0 Å². The maximum Gasteiger partial charge on any atom is 0.241 e. The van der Waals surface area contributed by atoms with Crippen molar-refractivity contribution in [2.45, 2.75) is 53.8 Å². The first-order valence-electron chi connectivity index (χ1n) is 5.96. The van der Waals surface area contributed by atoms with E-state index >= 15 is 0 Å². The molecule has 0 aliphatic carbocycles. The van der Waals surface area contributed by atoms with Gasteiger partial charge in [0.1, 0.15) is 0 Å². The summed E-state index contributed by atoms with van der Waals surface area (Å²) in [5, 5.41) is 0. The van der Waals surface area contributed by atoms with Gasteiger partial charge in [-0.15, -0.1) is 0 Å². The van der Waals surface area contributed by atoms with Crippen LogP contribution in [0.5, 0.6) is 0 Å². The maximum atomic E-state index is 12.3. The molecule has 1 aliphatic rings. The van der Waals surface area contributed by atoms with Crippen molar-refractivity contribution in [2.24, 2.45) is 10.8 Å². The second-order valence-corrected chi connectivity index (χ2v) is 7.12. The zero-order valence-electron chi connectivity index (χ0n) is 12.0. The van der Waals surface area contributed by atoms with E-state index in [1.165, 1.54) is 0 Å². The van der Waals surface area contributed by atoms with Crippen molar-refractivity contribution in [2.75, 3.05) is 14.1 Å². The van der Waals surface area contributed by atoms with E-state index in [2.05, 4.69) is 53.5 Å². The molecule has 0 aromatic carbocycles. The molecule has 0 N–H and O–H groups in total. The molecule has 1 rings (SSSR count). The molecule has 3 nitrogen and oxygen atoms in total. The molecule has 0 aromatic heterocycles. The van der Waals surface area contributed by atoms with Crippen LogP contribution in [-0.2, 0) is 4.79 Å². The van der Waals surface area contributed by atoms with Crippen molar-refractivity contribution >= 4 is 5.91 Å². The lowest BCUT2D eigenvalue weighted by Crippen LogP contribution is -2.48. The van der Waals surface area contributed by atoms with Gasteiger partial charge in [-0.05, 0) is 17.9 Å². The highest BCUT2D eigenvalue weighted by Crippen LogP contribution is 2.38. The zero-order chi connectivity index (χ0) is 12.9. The smallest absolute Gasteiger partial charge is 0.241 e. The van der Waals surface area contributed by atoms with E-state index in [1.54, 1.807) is 0 Å². The molecular formula is C13H26N2O. The van der Waals surface area contributed by atoms with Crippen LogP contribution in [0, 0.1) is 10.8 Å². The average molecular weight is 226 g/mol. The van der Waals surface area contributed by atoms with E-state index in [4.69, 9.17) is 0 Å². The number of amides is 1. The minimum absolute atomic E-state index is 0.0123. The Morgan fingerprint density at radius 2 is 1.38 bits per heavy atom. The highest BCUT2D eigenvalue weighted by atomic mass is 16.2. The van der Waals surface area contributed by atoms with Crippen LogP contribution in [0.2, 0.25) is 0 Å². The van der Waals surface area contributed by atoms with Crippen molar-refractivity contribution in [1.82, 2.24) is 9.80 Å². The van der Waals surface area contributed by atoms with Gasteiger partial charge in [0.05, 0.1) is 12.2 Å². The van der Waals surface area contributed by atoms with Crippen molar-refractivity contribution < 1.29 is 4.79 Å². The molecule has 0 spiro atoms. The first-order chi connectivity index (χ1) is 6.98. The Bertz CT molecular complexity index is 285. The molecule has 0 aromatic rings. The SMILES string of the molecule is CN1C(=O)C(C(C)(C)C)N(C)C1C(C)(C)C. The normalized spacial score (nSPS) is 29.0. The van der Waals surface area contributed by atoms with Crippen molar-refractivity contribution in [3.63, 3.8) is 0 Å². The summed E-state index contributed by atoms with van der Waals surface area (Å²) in [7, 11) is 3.98. The van der Waals surface area contributed by atoms with Crippen LogP contribution in [-0.4, -0.2) is 42.0 Å². The van der Waals surface area contributed by atoms with Crippen molar-refractivity contribution in [1.29, 1.82) is 0 Å². The number of likely N-dealkylation sites (N-methyl/N-ethyl adjacent to an activating group) is 2. The van der Waals surface area contributed by atoms with E-state index in [-0.39, 0.29) is 28.9 Å². The number of rotatable bonds is 0. The van der Waals surface area contributed by atoms with Crippen LogP contribution in [0.4, 0.5) is 0 Å². The predicted molar refractivity (Wildman–Crippen MR) is 67.0 cm³/mol. The molecule has 3 heteroatoms. The molecule has 94 valence electrons. The van der Waals surface area contributed by atoms with Gasteiger partial charge in [0.25, 0.3) is 0 Å². The molecule has 16 heavy (non-hydrogen) atoms. The summed E-state index contributed by atoms with van der Waals surface area (Å²) in [6.45, 7) is 12.9. The number of hydrogen-bond donors (Lipinski definition) is 0. The maximum absolute atomic E-state index is 12.3. The molecule has 1 heterocycles. The molecule has 1 fully saturated rings. The van der Waals surface area contributed by atoms with Crippen LogP contribution in [0.1, 0.15) is 41.5 Å². The number of hydrogen-bond acceptors (Lipinski definition) is 2. The third-order valence-corrected chi connectivity index (χ3v) is 3.34. The largest absolute Gasteiger partial charge is 0.328 e. The van der Waals surface area contributed by atoms with Crippen LogP contribution in [0.3, 0.4) is 0 Å². The van der Waals surface area contributed by atoms with E-state index < -0.39 is 0 Å². The van der Waals surface area contributed by atoms with Gasteiger partial charge in [-0.3, -0.25) is 9.69 Å². The number of carbonyl (C=O) groups is 1. The lowest BCUT2D eigenvalue weighted by molar-refractivity contribution is -0.131. The van der Waals surface area contributed by atoms with Gasteiger partial charge >= 0.3 is 0 Å². The van der Waals surface area contributed by atoms with Gasteiger partial charge in [-0.2, -0.15) is 0 Å². The highest BCUT2D eigenvalue weighted by molar-refractivity contribution is 5.85. The van der Waals surface area contributed by atoms with Gasteiger partial charge in [0, 0.05) is 7.05 Å². The Kier molecular flexibility index (Phi) is 3.14. The first kappa shape index (κ1) is 13.5. The third-order valence-electron chi connectivity index (χ3n) is 3.34. The van der Waals surface area contributed by atoms with Gasteiger partial charge in [0.15, 0.2) is 0 Å². The summed E-state index contributed by atoms with van der Waals surface area (Å²) in [6, 6.07) is -0.0123. The molecule has 1 aliphatic heterocycles. The summed E-state index contributed by atoms with van der Waals surface area (Å²) >= 11 is 0. The zero-order valence-corrected chi connectivity index (χ0v) is 12.0. The molecular weight excluding hydrogens is 200 g/mol. The molecule has 1 amide bonds. The Morgan fingerprint density at radius 3 is 1.56 bits per heavy atom. The Hall–Kier alpha value is -0.570. The molecule has 0 bridgehead atoms. The summed E-state index contributed by atoms with van der Waals surface area (Å²) in [6.07, 6.45) is 0.184. The van der Waals surface area contributed by atoms with Crippen LogP contribution >= 0.6 is 0 Å². The topological polar surface area (TPSA) is 23.6 Å². The van der Waals surface area contributed by atoms with Gasteiger partial charge in [-0.25, -0.2) is 0 Å². The average Bonchev–Trinajstić information content (AvgIpc) is 2.19. The number of carbonyl (C=O) groups excluding carboxylic acids is 1. The van der Waals surface area contributed by atoms with E-state index in [0.717, 1.165) is 0 Å². The van der Waals surface area contributed by atoms with E-state index in [9.17, 15) is 4.79 Å². The summed E-state index contributed by atoms with van der Waals surface area (Å²) in [5.74, 6) is 0.245. The second-order valence-electron chi connectivity index (χ2n) is 7.12. The molecule has 0 radical (unpaired) electrons. The van der Waals surface area contributed by atoms with E-state index in [0.29, 0.717) is 0 Å². The summed E-state index contributed by atoms with van der Waals surface area (Å²) in [5.41, 5.74) is 0.0687. The number of nitrogens with zero attached hydrogens (tertiary/aromatic N) is 2. The standard InChI is InChI=1S/C13H26N2O/c1-12(2,3)9-10(16)15(8)11(14(9)7)13(4,5)6/h9,11H,1-8H3. The Balaban J connectivity index is 3.09. The Labute approximate surface area is 99.8 Å². The predicted octanol–water partition coefficient (Wildman–Crippen LogP) is 2.18. The minimum Gasteiger partial charge on any atom is -0.328 e. The molecule has 1 saturated heterocycles. The van der Waals surface area contributed by atoms with Crippen molar-refractivity contribution in [3.8, 4) is 0 Å². The second kappa shape index (κ2) is 3.73. The van der Waals surface area contributed by atoms with Gasteiger partial charge in [0.2, 0.25) is 5.91 Å². The monoisotopic (exact) mass is 226 g/mol. The van der Waals surface area contributed by atoms with Gasteiger partial charge in [-0.1, -0.05) is 41.5 Å². The lowest BCUT2D eigenvalue weighted by Gasteiger charge is -2.38. The fraction of sp³-hybridized carbons (Fsp3) is 0.923. The summed E-state index contributed by atoms with van der Waals surface area (Å²) < 4.78 is 0. The Morgan fingerprint density at radius 1 is 0.938 bits per heavy atom. The van der Waals surface area contributed by atoms with E-state index in [1.807, 2.05) is 11.9 Å². The summed E-state index contributed by atoms with van der Waals surface area (Å²) in [4.78, 5) is 16.4. The van der Waals surface area contributed by atoms with Crippen LogP contribution in [0.15, 0.2) is 0 Å². The first-order valence-corrected chi connectivity index (χ1v) is 5.96. The minimum atomic E-state index is -0.0138. The molecule has 0 saturated carbocycles. The lowest BCUT2D eigenvalue weighted by atomic mass is 9.85. The fourth-order valence-corrected chi connectivity index (χ4v) is 3.08. The third kappa shape index (κ3) is 2.10. The van der Waals surface area contributed by atoms with Crippen LogP contribution in [0.25, 0.3) is 0 Å². The van der Waals surface area contributed by atoms with Crippen LogP contribution < -0.4 is 0 Å². The van der Waals surface area contributed by atoms with Gasteiger partial charge < -0.3 is 4.90 Å².